The summed E-state index contributed by atoms with van der Waals surface area (Å²) in [6, 6.07) is 17.2. The predicted molar refractivity (Wildman–Crippen MR) is 111 cm³/mol. The number of rotatable bonds is 9. The molecule has 28 heavy (non-hydrogen) atoms. The summed E-state index contributed by atoms with van der Waals surface area (Å²) in [6.45, 7) is 3.85. The molecule has 0 aliphatic carbocycles. The molecule has 5 heteroatoms. The Labute approximate surface area is 171 Å². The molecule has 0 saturated heterocycles. The van der Waals surface area contributed by atoms with Crippen LogP contribution < -0.4 is 0 Å². The zero-order chi connectivity index (χ0) is 20.4. The third-order valence-corrected chi connectivity index (χ3v) is 4.62. The summed E-state index contributed by atoms with van der Waals surface area (Å²) in [5.74, 6) is -2.29. The number of esters is 2. The number of hydrogen-bond acceptors (Lipinski definition) is 4. The quantitative estimate of drug-likeness (QED) is 0.425. The van der Waals surface area contributed by atoms with Gasteiger partial charge in [-0.25, -0.2) is 0 Å². The van der Waals surface area contributed by atoms with E-state index in [2.05, 4.69) is 0 Å². The Balaban J connectivity index is 2.33. The maximum atomic E-state index is 12.4. The van der Waals surface area contributed by atoms with Crippen molar-refractivity contribution in [3.63, 3.8) is 0 Å². The summed E-state index contributed by atoms with van der Waals surface area (Å²) in [4.78, 5) is 24.8. The van der Waals surface area contributed by atoms with Crippen molar-refractivity contribution in [2.45, 2.75) is 26.2 Å². The van der Waals surface area contributed by atoms with Crippen molar-refractivity contribution in [1.82, 2.24) is 0 Å². The van der Waals surface area contributed by atoms with Gasteiger partial charge < -0.3 is 9.47 Å². The summed E-state index contributed by atoms with van der Waals surface area (Å²) < 4.78 is 10.2. The van der Waals surface area contributed by atoms with Crippen molar-refractivity contribution in [3.05, 3.63) is 76.8 Å². The van der Waals surface area contributed by atoms with E-state index in [1.54, 1.807) is 13.8 Å². The molecule has 0 radical (unpaired) electrons. The Morgan fingerprint density at radius 3 is 2.07 bits per heavy atom. The lowest BCUT2D eigenvalue weighted by Gasteiger charge is -2.20. The molecule has 1 unspecified atom stereocenters. The molecule has 2 rings (SSSR count). The van der Waals surface area contributed by atoms with E-state index in [0.717, 1.165) is 11.1 Å². The standard InChI is InChI=1S/C23H25ClO4/c1-3-27-22(25)20(23(26)28-4-2)16-19(17-10-6-5-7-11-17)15-14-18-12-8-9-13-21(18)24/h5-15,19-20H,3-4,16H2,1-2H3/b15-14+. The van der Waals surface area contributed by atoms with Crippen LogP contribution in [0.2, 0.25) is 5.02 Å². The minimum absolute atomic E-state index is 0.184. The highest BCUT2D eigenvalue weighted by molar-refractivity contribution is 6.32. The molecule has 148 valence electrons. The SMILES string of the molecule is CCOC(=O)C(CC(/C=C/c1ccccc1Cl)c1ccccc1)C(=O)OCC. The fraction of sp³-hybridized carbons (Fsp3) is 0.304. The summed E-state index contributed by atoms with van der Waals surface area (Å²) in [5.41, 5.74) is 1.86. The number of ether oxygens (including phenoxy) is 2. The van der Waals surface area contributed by atoms with Crippen molar-refractivity contribution in [1.29, 1.82) is 0 Å². The van der Waals surface area contributed by atoms with Gasteiger partial charge in [-0.05, 0) is 37.5 Å². The minimum Gasteiger partial charge on any atom is -0.465 e. The summed E-state index contributed by atoms with van der Waals surface area (Å²) in [6.07, 6.45) is 4.12. The Morgan fingerprint density at radius 1 is 0.929 bits per heavy atom. The van der Waals surface area contributed by atoms with Crippen molar-refractivity contribution in [2.24, 2.45) is 5.92 Å². The maximum Gasteiger partial charge on any atom is 0.320 e. The number of benzene rings is 2. The van der Waals surface area contributed by atoms with Crippen LogP contribution in [0.5, 0.6) is 0 Å². The van der Waals surface area contributed by atoms with Gasteiger partial charge >= 0.3 is 11.9 Å². The van der Waals surface area contributed by atoms with E-state index in [4.69, 9.17) is 21.1 Å². The first kappa shape index (κ1) is 21.7. The summed E-state index contributed by atoms with van der Waals surface area (Å²) >= 11 is 6.24. The lowest BCUT2D eigenvalue weighted by atomic mass is 9.88. The number of halogens is 1. The van der Waals surface area contributed by atoms with Crippen LogP contribution in [0.4, 0.5) is 0 Å². The molecule has 0 saturated carbocycles. The molecule has 0 spiro atoms. The van der Waals surface area contributed by atoms with Crippen LogP contribution in [0.1, 0.15) is 37.3 Å². The van der Waals surface area contributed by atoms with E-state index in [1.165, 1.54) is 0 Å². The number of carbonyl (C=O) groups excluding carboxylic acids is 2. The first-order chi connectivity index (χ1) is 13.6. The van der Waals surface area contributed by atoms with E-state index < -0.39 is 17.9 Å². The molecule has 0 aliphatic rings. The Bertz CT molecular complexity index is 783. The second kappa shape index (κ2) is 11.3. The fourth-order valence-electron chi connectivity index (χ4n) is 2.88. The highest BCUT2D eigenvalue weighted by Gasteiger charge is 2.32. The number of carbonyl (C=O) groups is 2. The molecule has 2 aromatic carbocycles. The fourth-order valence-corrected chi connectivity index (χ4v) is 3.08. The molecular formula is C23H25ClO4. The molecular weight excluding hydrogens is 376 g/mol. The molecule has 0 aromatic heterocycles. The van der Waals surface area contributed by atoms with Gasteiger partial charge in [0.15, 0.2) is 5.92 Å². The monoisotopic (exact) mass is 400 g/mol. The Hall–Kier alpha value is -2.59. The van der Waals surface area contributed by atoms with E-state index in [-0.39, 0.29) is 25.6 Å². The highest BCUT2D eigenvalue weighted by atomic mass is 35.5. The average molecular weight is 401 g/mol. The third kappa shape index (κ3) is 6.24. The van der Waals surface area contributed by atoms with Gasteiger partial charge in [-0.1, -0.05) is 72.3 Å². The van der Waals surface area contributed by atoms with E-state index in [9.17, 15) is 9.59 Å². The molecule has 0 fully saturated rings. The van der Waals surface area contributed by atoms with Gasteiger partial charge in [0.1, 0.15) is 0 Å². The van der Waals surface area contributed by atoms with Crippen LogP contribution in [-0.2, 0) is 19.1 Å². The molecule has 2 aromatic rings. The topological polar surface area (TPSA) is 52.6 Å². The van der Waals surface area contributed by atoms with Gasteiger partial charge in [0.2, 0.25) is 0 Å². The lowest BCUT2D eigenvalue weighted by molar-refractivity contribution is -0.162. The molecule has 0 N–H and O–H groups in total. The normalized spacial score (nSPS) is 12.1. The second-order valence-electron chi connectivity index (χ2n) is 6.19. The number of allylic oxidation sites excluding steroid dienone is 1. The van der Waals surface area contributed by atoms with Gasteiger partial charge in [0, 0.05) is 10.9 Å². The van der Waals surface area contributed by atoms with Gasteiger partial charge in [0.05, 0.1) is 13.2 Å². The second-order valence-corrected chi connectivity index (χ2v) is 6.60. The summed E-state index contributed by atoms with van der Waals surface area (Å²) in [5, 5.41) is 0.637. The first-order valence-electron chi connectivity index (χ1n) is 9.37. The zero-order valence-electron chi connectivity index (χ0n) is 16.1. The predicted octanol–water partition coefficient (Wildman–Crippen LogP) is 5.27. The van der Waals surface area contributed by atoms with Gasteiger partial charge in [0.25, 0.3) is 0 Å². The molecule has 0 aliphatic heterocycles. The van der Waals surface area contributed by atoms with Gasteiger partial charge in [-0.15, -0.1) is 0 Å². The van der Waals surface area contributed by atoms with Gasteiger partial charge in [-0.3, -0.25) is 9.59 Å². The van der Waals surface area contributed by atoms with Crippen molar-refractivity contribution < 1.29 is 19.1 Å². The van der Waals surface area contributed by atoms with E-state index >= 15 is 0 Å². The third-order valence-electron chi connectivity index (χ3n) is 4.27. The van der Waals surface area contributed by atoms with E-state index in [0.29, 0.717) is 5.02 Å². The van der Waals surface area contributed by atoms with Crippen LogP contribution in [0.25, 0.3) is 6.08 Å². The number of hydrogen-bond donors (Lipinski definition) is 0. The van der Waals surface area contributed by atoms with Crippen molar-refractivity contribution in [3.8, 4) is 0 Å². The first-order valence-corrected chi connectivity index (χ1v) is 9.75. The maximum absolute atomic E-state index is 12.4. The largest absolute Gasteiger partial charge is 0.465 e. The van der Waals surface area contributed by atoms with Crippen molar-refractivity contribution >= 4 is 29.6 Å². The van der Waals surface area contributed by atoms with Crippen molar-refractivity contribution in [2.75, 3.05) is 13.2 Å². The van der Waals surface area contributed by atoms with Crippen LogP contribution in [0.15, 0.2) is 60.7 Å². The van der Waals surface area contributed by atoms with Crippen LogP contribution in [0, 0.1) is 5.92 Å². The van der Waals surface area contributed by atoms with Crippen LogP contribution in [0.3, 0.4) is 0 Å². The van der Waals surface area contributed by atoms with Crippen LogP contribution >= 0.6 is 11.6 Å². The average Bonchev–Trinajstić information content (AvgIpc) is 2.70. The van der Waals surface area contributed by atoms with Gasteiger partial charge in [-0.2, -0.15) is 0 Å². The molecule has 0 heterocycles. The minimum atomic E-state index is -0.985. The zero-order valence-corrected chi connectivity index (χ0v) is 16.9. The Morgan fingerprint density at radius 2 is 1.50 bits per heavy atom. The molecule has 0 bridgehead atoms. The van der Waals surface area contributed by atoms with Crippen LogP contribution in [-0.4, -0.2) is 25.2 Å². The molecule has 4 nitrogen and oxygen atoms in total. The Kier molecular flexibility index (Phi) is 8.76. The smallest absolute Gasteiger partial charge is 0.320 e. The highest BCUT2D eigenvalue weighted by Crippen LogP contribution is 2.29. The molecule has 0 amide bonds. The lowest BCUT2D eigenvalue weighted by Crippen LogP contribution is -2.29. The molecule has 1 atom stereocenters. The van der Waals surface area contributed by atoms with E-state index in [1.807, 2.05) is 66.7 Å². The summed E-state index contributed by atoms with van der Waals surface area (Å²) in [7, 11) is 0.